The third-order valence-electron chi connectivity index (χ3n) is 4.86. The number of thiophene rings is 1. The summed E-state index contributed by atoms with van der Waals surface area (Å²) in [4.78, 5) is 26.8. The number of carbonyl (C=O) groups excluding carboxylic acids is 1. The van der Waals surface area contributed by atoms with E-state index in [1.54, 1.807) is 38.3 Å². The quantitative estimate of drug-likeness (QED) is 0.522. The van der Waals surface area contributed by atoms with Gasteiger partial charge in [-0.25, -0.2) is 15.0 Å². The van der Waals surface area contributed by atoms with Crippen molar-refractivity contribution in [3.63, 3.8) is 0 Å². The molecule has 5 N–H and O–H groups in total. The largest absolute Gasteiger partial charge is 0.319 e. The number of anilines is 1. The fourth-order valence-electron chi connectivity index (χ4n) is 2.94. The van der Waals surface area contributed by atoms with Crippen LogP contribution in [0, 0.1) is 17.3 Å². The molecule has 32 heavy (non-hydrogen) atoms. The van der Waals surface area contributed by atoms with E-state index in [-0.39, 0.29) is 17.8 Å². The Kier molecular flexibility index (Phi) is 7.43. The van der Waals surface area contributed by atoms with E-state index in [0.717, 1.165) is 10.6 Å². The van der Waals surface area contributed by atoms with Crippen LogP contribution in [0.2, 0.25) is 0 Å². The second-order valence-corrected chi connectivity index (χ2v) is 8.12. The maximum atomic E-state index is 12.5. The molecule has 0 aromatic carbocycles. The van der Waals surface area contributed by atoms with Gasteiger partial charge in [-0.15, -0.1) is 11.3 Å². The molecule has 0 radical (unpaired) electrons. The van der Waals surface area contributed by atoms with Crippen molar-refractivity contribution in [2.45, 2.75) is 26.8 Å². The van der Waals surface area contributed by atoms with Gasteiger partial charge < -0.3 is 16.0 Å². The third kappa shape index (κ3) is 5.42. The van der Waals surface area contributed by atoms with Gasteiger partial charge in [-0.2, -0.15) is 0 Å². The molecule has 1 amide bonds. The number of hydrogen-bond donors (Lipinski definition) is 4. The van der Waals surface area contributed by atoms with Crippen molar-refractivity contribution in [1.82, 2.24) is 10.3 Å². The van der Waals surface area contributed by atoms with Gasteiger partial charge in [-0.3, -0.25) is 10.2 Å². The molecule has 1 aliphatic rings. The highest BCUT2D eigenvalue weighted by atomic mass is 32.1. The van der Waals surface area contributed by atoms with Crippen LogP contribution in [0.5, 0.6) is 0 Å². The topological polar surface area (TPSA) is 119 Å². The number of nitrogens with two attached hydrogens (primary N) is 1. The zero-order valence-electron chi connectivity index (χ0n) is 18.7. The molecule has 1 atom stereocenters. The van der Waals surface area contributed by atoms with Crippen LogP contribution in [0.1, 0.15) is 36.9 Å². The first-order chi connectivity index (χ1) is 15.3. The first-order valence-electron chi connectivity index (χ1n) is 10.1. The highest BCUT2D eigenvalue weighted by molar-refractivity contribution is 7.10. The summed E-state index contributed by atoms with van der Waals surface area (Å²) in [5.41, 5.74) is 3.34. The van der Waals surface area contributed by atoms with Gasteiger partial charge in [0.25, 0.3) is 0 Å². The van der Waals surface area contributed by atoms with E-state index >= 15 is 0 Å². The first kappa shape index (κ1) is 23.2. The van der Waals surface area contributed by atoms with Crippen LogP contribution in [0.4, 0.5) is 5.82 Å². The molecule has 164 valence electrons. The van der Waals surface area contributed by atoms with E-state index in [1.165, 1.54) is 0 Å². The van der Waals surface area contributed by atoms with Crippen LogP contribution in [0.15, 0.2) is 50.9 Å². The maximum absolute atomic E-state index is 12.5. The number of nitrogens with one attached hydrogen (secondary N) is 3. The Balaban J connectivity index is 2.14. The van der Waals surface area contributed by atoms with Gasteiger partial charge >= 0.3 is 0 Å². The van der Waals surface area contributed by atoms with E-state index in [2.05, 4.69) is 37.4 Å². The zero-order valence-corrected chi connectivity index (χ0v) is 19.5. The summed E-state index contributed by atoms with van der Waals surface area (Å²) in [6.45, 7) is 5.45. The minimum atomic E-state index is -0.386. The Morgan fingerprint density at radius 1 is 1.28 bits per heavy atom. The Morgan fingerprint density at radius 3 is 2.72 bits per heavy atom. The van der Waals surface area contributed by atoms with E-state index < -0.39 is 0 Å². The van der Waals surface area contributed by atoms with Crippen molar-refractivity contribution in [3.05, 3.63) is 57.1 Å². The normalized spacial score (nSPS) is 15.8. The van der Waals surface area contributed by atoms with Crippen molar-refractivity contribution in [3.8, 4) is 11.8 Å². The molecule has 0 fully saturated rings. The number of likely N-dealkylation sites (N-methyl/N-ethyl adjacent to an activating group) is 1. The average molecular weight is 449 g/mol. The number of quaternary nitrogens is 1. The minimum Gasteiger partial charge on any atom is -0.319 e. The van der Waals surface area contributed by atoms with Crippen LogP contribution in [-0.4, -0.2) is 48.4 Å². The van der Waals surface area contributed by atoms with Crippen molar-refractivity contribution >= 4 is 40.4 Å². The van der Waals surface area contributed by atoms with Crippen LogP contribution in [0.25, 0.3) is 0 Å². The lowest BCUT2D eigenvalue weighted by Gasteiger charge is -2.17. The van der Waals surface area contributed by atoms with Crippen molar-refractivity contribution in [2.75, 3.05) is 19.4 Å². The van der Waals surface area contributed by atoms with Crippen molar-refractivity contribution in [2.24, 2.45) is 9.98 Å². The highest BCUT2D eigenvalue weighted by Gasteiger charge is 2.25. The molecule has 1 unspecified atom stereocenters. The fourth-order valence-corrected chi connectivity index (χ4v) is 3.51. The molecule has 9 heteroatoms. The molecule has 8 nitrogen and oxygen atoms in total. The van der Waals surface area contributed by atoms with Gasteiger partial charge in [0.2, 0.25) is 5.91 Å². The molecule has 0 saturated carbocycles. The molecule has 0 aliphatic carbocycles. The number of allylic oxidation sites excluding steroid dienone is 1. The molecule has 0 bridgehead atoms. The molecule has 2 aromatic heterocycles. The predicted octanol–water partition coefficient (Wildman–Crippen LogP) is 1.75. The van der Waals surface area contributed by atoms with Gasteiger partial charge in [0.15, 0.2) is 5.84 Å². The van der Waals surface area contributed by atoms with Crippen LogP contribution in [0.3, 0.4) is 0 Å². The Bertz CT molecular complexity index is 1200. The molecule has 1 aliphatic heterocycles. The second-order valence-electron chi connectivity index (χ2n) is 7.17. The van der Waals surface area contributed by atoms with Crippen LogP contribution < -0.4 is 16.0 Å². The lowest BCUT2D eigenvalue weighted by Crippen LogP contribution is -2.77. The first-order valence-corrected chi connectivity index (χ1v) is 11.0. The minimum absolute atomic E-state index is 0.153. The SMILES string of the molecule is CNC(C)C(=O)Nc1cc(C2=NC(C)=NC(=N)C2=C(C)[NH2+]C)cc(C#Cc2cccs2)n1. The number of rotatable bonds is 5. The summed E-state index contributed by atoms with van der Waals surface area (Å²) >= 11 is 1.55. The number of amides is 1. The number of aliphatic imine (C=N–C) groups is 2. The van der Waals surface area contributed by atoms with E-state index in [1.807, 2.05) is 42.9 Å². The lowest BCUT2D eigenvalue weighted by atomic mass is 9.98. The summed E-state index contributed by atoms with van der Waals surface area (Å²) in [6, 6.07) is 7.07. The molecule has 3 heterocycles. The van der Waals surface area contributed by atoms with E-state index in [9.17, 15) is 4.79 Å². The summed E-state index contributed by atoms with van der Waals surface area (Å²) < 4.78 is 0. The van der Waals surface area contributed by atoms with Gasteiger partial charge in [0.1, 0.15) is 28.6 Å². The molecular weight excluding hydrogens is 422 g/mol. The monoisotopic (exact) mass is 448 g/mol. The smallest absolute Gasteiger partial charge is 0.242 e. The van der Waals surface area contributed by atoms with Crippen molar-refractivity contribution < 1.29 is 10.1 Å². The number of amidine groups is 2. The summed E-state index contributed by atoms with van der Waals surface area (Å²) in [7, 11) is 3.63. The number of pyridine rings is 1. The summed E-state index contributed by atoms with van der Waals surface area (Å²) in [5, 5.41) is 18.0. The zero-order chi connectivity index (χ0) is 23.3. The fraction of sp³-hybridized carbons (Fsp3) is 0.261. The number of aromatic nitrogens is 1. The maximum Gasteiger partial charge on any atom is 0.242 e. The van der Waals surface area contributed by atoms with Gasteiger partial charge in [0, 0.05) is 12.5 Å². The molecule has 0 saturated heterocycles. The van der Waals surface area contributed by atoms with Crippen LogP contribution in [-0.2, 0) is 4.79 Å². The standard InChI is InChI=1S/C23H25N7OS/c1-13(25-4)20-21(27-15(3)28-22(20)24)16-11-17(8-9-18-7-6-10-32-18)29-19(12-16)30-23(31)14(2)26-5/h6-7,10-12,14,24-26H,1-5H3,(H,29,30,31)/p+1. The Hall–Kier alpha value is -3.45. The third-order valence-corrected chi connectivity index (χ3v) is 5.64. The lowest BCUT2D eigenvalue weighted by molar-refractivity contribution is -0.576. The molecule has 2 aromatic rings. The van der Waals surface area contributed by atoms with Gasteiger partial charge in [0.05, 0.1) is 23.7 Å². The van der Waals surface area contributed by atoms with Crippen LogP contribution >= 0.6 is 11.3 Å². The second kappa shape index (κ2) is 10.2. The summed E-state index contributed by atoms with van der Waals surface area (Å²) in [6.07, 6.45) is 0. The highest BCUT2D eigenvalue weighted by Crippen LogP contribution is 2.21. The molecular formula is C23H26N7OS+. The average Bonchev–Trinajstić information content (AvgIpc) is 3.29. The van der Waals surface area contributed by atoms with Gasteiger partial charge in [-0.1, -0.05) is 6.07 Å². The number of nitrogens with zero attached hydrogens (tertiary/aromatic N) is 3. The number of carbonyl (C=O) groups is 1. The Labute approximate surface area is 191 Å². The predicted molar refractivity (Wildman–Crippen MR) is 130 cm³/mol. The molecule has 0 spiro atoms. The van der Waals surface area contributed by atoms with E-state index in [4.69, 9.17) is 5.41 Å². The summed E-state index contributed by atoms with van der Waals surface area (Å²) in [5.74, 6) is 7.00. The number of hydrogen-bond acceptors (Lipinski definition) is 6. The molecule has 3 rings (SSSR count). The van der Waals surface area contributed by atoms with Crippen molar-refractivity contribution in [1.29, 1.82) is 5.41 Å². The van der Waals surface area contributed by atoms with E-state index in [0.29, 0.717) is 34.2 Å². The Morgan fingerprint density at radius 2 is 2.06 bits per heavy atom. The van der Waals surface area contributed by atoms with Gasteiger partial charge in [-0.05, 0) is 56.3 Å².